The Kier molecular flexibility index (Phi) is 4.79. The first-order valence-corrected chi connectivity index (χ1v) is 7.00. The summed E-state index contributed by atoms with van der Waals surface area (Å²) in [5.74, 6) is -0.164. The van der Waals surface area contributed by atoms with E-state index in [0.717, 1.165) is 9.57 Å². The molecule has 0 bridgehead atoms. The molecular formula is C13H14F2N4OS. The first-order chi connectivity index (χ1) is 9.97. The Hall–Kier alpha value is -2.09. The average molecular weight is 312 g/mol. The number of likely N-dealkylation sites (N-methyl/N-ethyl adjacent to an activating group) is 1. The monoisotopic (exact) mass is 312 g/mol. The highest BCUT2D eigenvalue weighted by atomic mass is 32.1. The van der Waals surface area contributed by atoms with Gasteiger partial charge in [0.15, 0.2) is 0 Å². The molecule has 2 aromatic heterocycles. The van der Waals surface area contributed by atoms with Crippen molar-refractivity contribution in [2.45, 2.75) is 20.0 Å². The third kappa shape index (κ3) is 3.94. The molecule has 0 radical (unpaired) electrons. The molecule has 0 fully saturated rings. The average Bonchev–Trinajstić information content (AvgIpc) is 3.04. The molecule has 21 heavy (non-hydrogen) atoms. The number of halogens is 2. The van der Waals surface area contributed by atoms with Gasteiger partial charge < -0.3 is 4.90 Å². The third-order valence-electron chi connectivity index (χ3n) is 2.75. The van der Waals surface area contributed by atoms with Crippen LogP contribution in [0.2, 0.25) is 0 Å². The minimum absolute atomic E-state index is 0.0105. The zero-order valence-corrected chi connectivity index (χ0v) is 12.3. The van der Waals surface area contributed by atoms with Crippen LogP contribution in [-0.4, -0.2) is 32.4 Å². The molecule has 0 atom stereocenters. The van der Waals surface area contributed by atoms with Gasteiger partial charge >= 0.3 is 6.55 Å². The number of carbonyl (C=O) groups excluding carboxylic acids is 1. The number of amides is 1. The molecule has 0 spiro atoms. The Labute approximate surface area is 124 Å². The summed E-state index contributed by atoms with van der Waals surface area (Å²) in [6.45, 7) is -0.781. The molecule has 2 aromatic rings. The summed E-state index contributed by atoms with van der Waals surface area (Å²) in [7, 11) is 1.53. The highest BCUT2D eigenvalue weighted by Crippen LogP contribution is 2.14. The zero-order chi connectivity index (χ0) is 15.4. The zero-order valence-electron chi connectivity index (χ0n) is 11.5. The predicted molar refractivity (Wildman–Crippen MR) is 75.8 cm³/mol. The number of thiazole rings is 1. The van der Waals surface area contributed by atoms with Gasteiger partial charge in [-0.15, -0.1) is 11.3 Å². The number of hydrogen-bond acceptors (Lipinski definition) is 4. The molecule has 8 heteroatoms. The van der Waals surface area contributed by atoms with Gasteiger partial charge in [0.2, 0.25) is 5.91 Å². The maximum absolute atomic E-state index is 12.7. The van der Waals surface area contributed by atoms with E-state index in [0.29, 0.717) is 5.69 Å². The summed E-state index contributed by atoms with van der Waals surface area (Å²) < 4.78 is 26.1. The van der Waals surface area contributed by atoms with E-state index in [1.165, 1.54) is 41.8 Å². The summed E-state index contributed by atoms with van der Waals surface area (Å²) in [4.78, 5) is 21.3. The van der Waals surface area contributed by atoms with Gasteiger partial charge in [-0.25, -0.2) is 9.97 Å². The van der Waals surface area contributed by atoms with E-state index in [-0.39, 0.29) is 18.3 Å². The second-order valence-electron chi connectivity index (χ2n) is 4.35. The Bertz CT molecular complexity index is 650. The summed E-state index contributed by atoms with van der Waals surface area (Å²) >= 11 is 1.49. The summed E-state index contributed by atoms with van der Waals surface area (Å²) in [5.41, 5.74) is 0.702. The molecule has 0 aliphatic carbocycles. The van der Waals surface area contributed by atoms with Gasteiger partial charge in [0.25, 0.3) is 0 Å². The van der Waals surface area contributed by atoms with Gasteiger partial charge in [0.05, 0.1) is 17.2 Å². The van der Waals surface area contributed by atoms with E-state index in [9.17, 15) is 13.6 Å². The first kappa shape index (κ1) is 15.3. The van der Waals surface area contributed by atoms with Crippen molar-refractivity contribution < 1.29 is 13.6 Å². The van der Waals surface area contributed by atoms with Crippen molar-refractivity contribution in [1.82, 2.24) is 19.4 Å². The quantitative estimate of drug-likeness (QED) is 0.798. The lowest BCUT2D eigenvalue weighted by Gasteiger charge is -2.15. The SMILES string of the molecule is Cc1nc(/C=C/C(=O)N(C)Cc2nccn2C(F)F)cs1. The molecule has 5 nitrogen and oxygen atoms in total. The smallest absolute Gasteiger partial charge is 0.319 e. The highest BCUT2D eigenvalue weighted by Gasteiger charge is 2.14. The van der Waals surface area contributed by atoms with E-state index in [1.807, 2.05) is 12.3 Å². The van der Waals surface area contributed by atoms with Crippen LogP contribution in [0.4, 0.5) is 8.78 Å². The minimum atomic E-state index is -2.67. The number of aromatic nitrogens is 3. The molecule has 2 rings (SSSR count). The lowest BCUT2D eigenvalue weighted by molar-refractivity contribution is -0.125. The Morgan fingerprint density at radius 2 is 2.33 bits per heavy atom. The number of hydrogen-bond donors (Lipinski definition) is 0. The van der Waals surface area contributed by atoms with Gasteiger partial charge in [-0.3, -0.25) is 9.36 Å². The van der Waals surface area contributed by atoms with Crippen molar-refractivity contribution in [2.75, 3.05) is 7.05 Å². The molecular weight excluding hydrogens is 298 g/mol. The molecule has 0 unspecified atom stereocenters. The van der Waals surface area contributed by atoms with Crippen LogP contribution in [0.25, 0.3) is 6.08 Å². The minimum Gasteiger partial charge on any atom is -0.335 e. The van der Waals surface area contributed by atoms with E-state index in [1.54, 1.807) is 6.08 Å². The van der Waals surface area contributed by atoms with Crippen LogP contribution >= 0.6 is 11.3 Å². The van der Waals surface area contributed by atoms with Crippen molar-refractivity contribution >= 4 is 23.3 Å². The van der Waals surface area contributed by atoms with E-state index in [2.05, 4.69) is 9.97 Å². The fraction of sp³-hybridized carbons (Fsp3) is 0.308. The van der Waals surface area contributed by atoms with Crippen molar-refractivity contribution in [1.29, 1.82) is 0 Å². The molecule has 112 valence electrons. The standard InChI is InChI=1S/C13H14F2N4OS/c1-9-17-10(8-21-9)3-4-12(20)18(2)7-11-16-5-6-19(11)13(14)15/h3-6,8,13H,7H2,1-2H3/b4-3+. The first-order valence-electron chi connectivity index (χ1n) is 6.12. The van der Waals surface area contributed by atoms with Crippen LogP contribution in [0, 0.1) is 6.92 Å². The van der Waals surface area contributed by atoms with Crippen molar-refractivity contribution in [3.05, 3.63) is 40.4 Å². The normalized spacial score (nSPS) is 11.5. The van der Waals surface area contributed by atoms with Crippen molar-refractivity contribution in [3.8, 4) is 0 Å². The lowest BCUT2D eigenvalue weighted by Crippen LogP contribution is -2.26. The Morgan fingerprint density at radius 3 is 2.95 bits per heavy atom. The van der Waals surface area contributed by atoms with Gasteiger partial charge in [-0.05, 0) is 13.0 Å². The molecule has 0 aromatic carbocycles. The topological polar surface area (TPSA) is 51.0 Å². The molecule has 0 aliphatic heterocycles. The maximum Gasteiger partial charge on any atom is 0.319 e. The predicted octanol–water partition coefficient (Wildman–Crippen LogP) is 2.71. The van der Waals surface area contributed by atoms with E-state index >= 15 is 0 Å². The van der Waals surface area contributed by atoms with Gasteiger partial charge in [0, 0.05) is 30.9 Å². The molecule has 1 amide bonds. The summed E-state index contributed by atoms with van der Waals surface area (Å²) in [6, 6.07) is 0. The van der Waals surface area contributed by atoms with E-state index in [4.69, 9.17) is 0 Å². The maximum atomic E-state index is 12.7. The Balaban J connectivity index is 1.99. The van der Waals surface area contributed by atoms with Gasteiger partial charge in [0.1, 0.15) is 5.82 Å². The second-order valence-corrected chi connectivity index (χ2v) is 5.41. The fourth-order valence-corrected chi connectivity index (χ4v) is 2.26. The van der Waals surface area contributed by atoms with Gasteiger partial charge in [-0.2, -0.15) is 8.78 Å². The lowest BCUT2D eigenvalue weighted by atomic mass is 10.3. The van der Waals surface area contributed by atoms with Crippen LogP contribution in [-0.2, 0) is 11.3 Å². The second kappa shape index (κ2) is 6.57. The summed E-state index contributed by atoms with van der Waals surface area (Å²) in [5, 5.41) is 2.75. The molecule has 0 saturated carbocycles. The van der Waals surface area contributed by atoms with Crippen molar-refractivity contribution in [2.24, 2.45) is 0 Å². The molecule has 0 aliphatic rings. The number of carbonyl (C=O) groups is 1. The molecule has 2 heterocycles. The largest absolute Gasteiger partial charge is 0.335 e. The number of alkyl halides is 2. The fourth-order valence-electron chi connectivity index (χ4n) is 1.67. The van der Waals surface area contributed by atoms with Crippen LogP contribution in [0.5, 0.6) is 0 Å². The van der Waals surface area contributed by atoms with Crippen LogP contribution in [0.3, 0.4) is 0 Å². The number of aryl methyl sites for hydroxylation is 1. The number of nitrogens with zero attached hydrogens (tertiary/aromatic N) is 4. The van der Waals surface area contributed by atoms with Crippen LogP contribution < -0.4 is 0 Å². The van der Waals surface area contributed by atoms with E-state index < -0.39 is 6.55 Å². The van der Waals surface area contributed by atoms with Crippen LogP contribution in [0.1, 0.15) is 23.1 Å². The van der Waals surface area contributed by atoms with Crippen molar-refractivity contribution in [3.63, 3.8) is 0 Å². The third-order valence-corrected chi connectivity index (χ3v) is 3.54. The number of imidazole rings is 1. The molecule has 0 saturated heterocycles. The number of rotatable bonds is 5. The Morgan fingerprint density at radius 1 is 1.57 bits per heavy atom. The molecule has 0 N–H and O–H groups in total. The van der Waals surface area contributed by atoms with Gasteiger partial charge in [-0.1, -0.05) is 0 Å². The summed E-state index contributed by atoms with van der Waals surface area (Å²) in [6.07, 6.45) is 5.44. The van der Waals surface area contributed by atoms with Crippen LogP contribution in [0.15, 0.2) is 23.8 Å². The highest BCUT2D eigenvalue weighted by molar-refractivity contribution is 7.09.